The van der Waals surface area contributed by atoms with Crippen molar-refractivity contribution in [3.63, 3.8) is 0 Å². The second-order valence-electron chi connectivity index (χ2n) is 9.98. The van der Waals surface area contributed by atoms with Gasteiger partial charge in [-0.3, -0.25) is 9.69 Å². The highest BCUT2D eigenvalue weighted by Gasteiger charge is 2.33. The Hall–Kier alpha value is -3.20. The first kappa shape index (κ1) is 30.3. The zero-order valence-corrected chi connectivity index (χ0v) is 22.6. The first-order valence-electron chi connectivity index (χ1n) is 13.8. The molecule has 6 nitrogen and oxygen atoms in total. The van der Waals surface area contributed by atoms with E-state index in [2.05, 4.69) is 17.1 Å². The van der Waals surface area contributed by atoms with E-state index in [1.165, 1.54) is 68.0 Å². The maximum Gasteiger partial charge on any atom is 0.416 e. The zero-order chi connectivity index (χ0) is 28.1. The second kappa shape index (κ2) is 15.4. The van der Waals surface area contributed by atoms with E-state index in [4.69, 9.17) is 4.52 Å². The standard InChI is InChI=1S/C30H38F3N3O3/c1-2-3-4-5-6-7-8-9-10-15-27-34-29(39-35-27)24-18-16-23(17-19-24)20-36(22-28(37)38)21-25-13-11-12-14-26(25)30(31,32)33/h11-14,16-19H,2-10,15,20-22H2,1H3,(H,37,38). The molecular formula is C30H38F3N3O3. The van der Waals surface area contributed by atoms with Crippen molar-refractivity contribution in [3.05, 3.63) is 71.0 Å². The molecule has 0 bridgehead atoms. The van der Waals surface area contributed by atoms with Gasteiger partial charge >= 0.3 is 12.1 Å². The number of hydrogen-bond acceptors (Lipinski definition) is 5. The maximum absolute atomic E-state index is 13.4. The minimum absolute atomic E-state index is 0.0354. The van der Waals surface area contributed by atoms with E-state index >= 15 is 0 Å². The van der Waals surface area contributed by atoms with E-state index in [0.29, 0.717) is 11.7 Å². The molecule has 0 fully saturated rings. The summed E-state index contributed by atoms with van der Waals surface area (Å²) in [5, 5.41) is 13.4. The number of alkyl halides is 3. The molecule has 1 aromatic heterocycles. The van der Waals surface area contributed by atoms with Gasteiger partial charge in [0.1, 0.15) is 0 Å². The molecule has 2 aromatic carbocycles. The number of nitrogens with zero attached hydrogens (tertiary/aromatic N) is 3. The predicted molar refractivity (Wildman–Crippen MR) is 144 cm³/mol. The van der Waals surface area contributed by atoms with E-state index < -0.39 is 17.7 Å². The normalized spacial score (nSPS) is 11.8. The molecule has 0 amide bonds. The number of halogens is 3. The Bertz CT molecular complexity index is 1150. The second-order valence-corrected chi connectivity index (χ2v) is 9.98. The van der Waals surface area contributed by atoms with E-state index in [0.717, 1.165) is 36.5 Å². The Labute approximate surface area is 228 Å². The first-order chi connectivity index (χ1) is 18.8. The molecule has 1 N–H and O–H groups in total. The topological polar surface area (TPSA) is 79.5 Å². The van der Waals surface area contributed by atoms with E-state index in [9.17, 15) is 23.1 Å². The summed E-state index contributed by atoms with van der Waals surface area (Å²) in [6.07, 6.45) is 7.47. The van der Waals surface area contributed by atoms with Crippen LogP contribution in [-0.2, 0) is 30.5 Å². The van der Waals surface area contributed by atoms with Gasteiger partial charge in [-0.1, -0.05) is 93.8 Å². The van der Waals surface area contributed by atoms with Crippen molar-refractivity contribution in [2.75, 3.05) is 6.54 Å². The van der Waals surface area contributed by atoms with Crippen molar-refractivity contribution in [2.45, 2.75) is 90.4 Å². The van der Waals surface area contributed by atoms with Crippen molar-refractivity contribution in [1.82, 2.24) is 15.0 Å². The summed E-state index contributed by atoms with van der Waals surface area (Å²) in [5.74, 6) is -0.0246. The molecule has 0 aliphatic heterocycles. The average molecular weight is 546 g/mol. The van der Waals surface area contributed by atoms with E-state index in [1.807, 2.05) is 0 Å². The summed E-state index contributed by atoms with van der Waals surface area (Å²) in [6, 6.07) is 12.4. The smallest absolute Gasteiger partial charge is 0.416 e. The van der Waals surface area contributed by atoms with Crippen LogP contribution < -0.4 is 0 Å². The third-order valence-electron chi connectivity index (χ3n) is 6.65. The number of hydrogen-bond donors (Lipinski definition) is 1. The summed E-state index contributed by atoms with van der Waals surface area (Å²) >= 11 is 0. The molecule has 39 heavy (non-hydrogen) atoms. The van der Waals surface area contributed by atoms with Gasteiger partial charge in [-0.25, -0.2) is 0 Å². The monoisotopic (exact) mass is 545 g/mol. The highest BCUT2D eigenvalue weighted by molar-refractivity contribution is 5.69. The van der Waals surface area contributed by atoms with Crippen molar-refractivity contribution in [2.24, 2.45) is 0 Å². The van der Waals surface area contributed by atoms with Crippen LogP contribution in [0.5, 0.6) is 0 Å². The number of aliphatic carboxylic acids is 1. The number of aromatic nitrogens is 2. The van der Waals surface area contributed by atoms with Crippen molar-refractivity contribution >= 4 is 5.97 Å². The summed E-state index contributed by atoms with van der Waals surface area (Å²) in [4.78, 5) is 17.4. The lowest BCUT2D eigenvalue weighted by atomic mass is 10.1. The van der Waals surface area contributed by atoms with Crippen LogP contribution in [0.1, 0.15) is 87.2 Å². The van der Waals surface area contributed by atoms with Crippen LogP contribution in [0.25, 0.3) is 11.5 Å². The molecule has 1 heterocycles. The van der Waals surface area contributed by atoms with Gasteiger partial charge in [-0.15, -0.1) is 0 Å². The van der Waals surface area contributed by atoms with Gasteiger partial charge in [0.15, 0.2) is 5.82 Å². The Morgan fingerprint density at radius 3 is 2.18 bits per heavy atom. The summed E-state index contributed by atoms with van der Waals surface area (Å²) < 4.78 is 45.6. The van der Waals surface area contributed by atoms with Crippen LogP contribution in [0, 0.1) is 0 Å². The fourth-order valence-corrected chi connectivity index (χ4v) is 4.61. The molecule has 0 saturated carbocycles. The number of carbonyl (C=O) groups is 1. The quantitative estimate of drug-likeness (QED) is 0.174. The SMILES string of the molecule is CCCCCCCCCCCc1noc(-c2ccc(CN(CC(=O)O)Cc3ccccc3C(F)(F)F)cc2)n1. The van der Waals surface area contributed by atoms with Crippen LogP contribution >= 0.6 is 0 Å². The van der Waals surface area contributed by atoms with Crippen LogP contribution in [0.4, 0.5) is 13.2 Å². The van der Waals surface area contributed by atoms with Crippen molar-refractivity contribution in [3.8, 4) is 11.5 Å². The number of benzene rings is 2. The highest BCUT2D eigenvalue weighted by atomic mass is 19.4. The molecule has 0 spiro atoms. The van der Waals surface area contributed by atoms with Gasteiger partial charge < -0.3 is 9.63 Å². The van der Waals surface area contributed by atoms with Crippen LogP contribution in [-0.4, -0.2) is 32.7 Å². The van der Waals surface area contributed by atoms with Crippen LogP contribution in [0.15, 0.2) is 53.1 Å². The Morgan fingerprint density at radius 1 is 0.897 bits per heavy atom. The number of carboxylic acids is 1. The summed E-state index contributed by atoms with van der Waals surface area (Å²) in [7, 11) is 0. The largest absolute Gasteiger partial charge is 0.480 e. The molecule has 0 radical (unpaired) electrons. The summed E-state index contributed by atoms with van der Waals surface area (Å²) in [6.45, 7) is 1.87. The molecule has 0 aliphatic rings. The lowest BCUT2D eigenvalue weighted by Crippen LogP contribution is -2.30. The number of carboxylic acid groups (broad SMARTS) is 1. The molecule has 0 unspecified atom stereocenters. The third-order valence-corrected chi connectivity index (χ3v) is 6.65. The lowest BCUT2D eigenvalue weighted by molar-refractivity contribution is -0.139. The molecule has 9 heteroatoms. The maximum atomic E-state index is 13.4. The molecule has 0 saturated heterocycles. The summed E-state index contributed by atoms with van der Waals surface area (Å²) in [5.41, 5.74) is 0.772. The van der Waals surface area contributed by atoms with Gasteiger partial charge in [0.25, 0.3) is 5.89 Å². The molecule has 3 aromatic rings. The predicted octanol–water partition coefficient (Wildman–Crippen LogP) is 7.92. The number of unbranched alkanes of at least 4 members (excludes halogenated alkanes) is 8. The first-order valence-corrected chi connectivity index (χ1v) is 13.8. The Morgan fingerprint density at radius 2 is 1.54 bits per heavy atom. The minimum Gasteiger partial charge on any atom is -0.480 e. The van der Waals surface area contributed by atoms with Crippen LogP contribution in [0.2, 0.25) is 0 Å². The highest BCUT2D eigenvalue weighted by Crippen LogP contribution is 2.32. The minimum atomic E-state index is -4.51. The fourth-order valence-electron chi connectivity index (χ4n) is 4.61. The Balaban J connectivity index is 1.52. The molecule has 212 valence electrons. The molecule has 3 rings (SSSR count). The van der Waals surface area contributed by atoms with Gasteiger partial charge in [0.05, 0.1) is 12.1 Å². The Kier molecular flexibility index (Phi) is 12.0. The van der Waals surface area contributed by atoms with Gasteiger partial charge in [-0.05, 0) is 35.7 Å². The van der Waals surface area contributed by atoms with Crippen molar-refractivity contribution < 1.29 is 27.6 Å². The van der Waals surface area contributed by atoms with Crippen LogP contribution in [0.3, 0.4) is 0 Å². The fraction of sp³-hybridized carbons (Fsp3) is 0.500. The lowest BCUT2D eigenvalue weighted by Gasteiger charge is -2.22. The number of rotatable bonds is 17. The van der Waals surface area contributed by atoms with E-state index in [-0.39, 0.29) is 25.2 Å². The average Bonchev–Trinajstić information content (AvgIpc) is 3.36. The zero-order valence-electron chi connectivity index (χ0n) is 22.6. The number of aryl methyl sites for hydroxylation is 1. The molecular weight excluding hydrogens is 507 g/mol. The molecule has 0 aliphatic carbocycles. The van der Waals surface area contributed by atoms with Crippen molar-refractivity contribution in [1.29, 1.82) is 0 Å². The van der Waals surface area contributed by atoms with Gasteiger partial charge in [-0.2, -0.15) is 18.2 Å². The molecule has 0 atom stereocenters. The van der Waals surface area contributed by atoms with Gasteiger partial charge in [0, 0.05) is 25.1 Å². The van der Waals surface area contributed by atoms with E-state index in [1.54, 1.807) is 24.3 Å². The third kappa shape index (κ3) is 10.5. The van der Waals surface area contributed by atoms with Gasteiger partial charge in [0.2, 0.25) is 0 Å².